The quantitative estimate of drug-likeness (QED) is 0.440. The van der Waals surface area contributed by atoms with Crippen molar-refractivity contribution in [2.75, 3.05) is 17.3 Å². The Morgan fingerprint density at radius 3 is 1.95 bits per heavy atom. The van der Waals surface area contributed by atoms with E-state index in [9.17, 15) is 0 Å². The van der Waals surface area contributed by atoms with E-state index in [0.29, 0.717) is 0 Å². The van der Waals surface area contributed by atoms with Gasteiger partial charge < -0.3 is 0 Å². The normalized spacial score (nSPS) is 29.3. The van der Waals surface area contributed by atoms with Gasteiger partial charge in [0.05, 0.1) is 25.4 Å². The van der Waals surface area contributed by atoms with Crippen LogP contribution >= 0.6 is 94.1 Å². The summed E-state index contributed by atoms with van der Waals surface area (Å²) in [5, 5.41) is 0.831. The minimum Gasteiger partial charge on any atom is -0.116 e. The van der Waals surface area contributed by atoms with E-state index in [2.05, 4.69) is 54.0 Å². The van der Waals surface area contributed by atoms with Crippen LogP contribution in [0.1, 0.15) is 19.8 Å². The van der Waals surface area contributed by atoms with E-state index >= 15 is 0 Å². The molecule has 0 spiro atoms. The molecule has 4 rings (SSSR count). The van der Waals surface area contributed by atoms with E-state index in [0.717, 1.165) is 5.25 Å². The van der Waals surface area contributed by atoms with Crippen molar-refractivity contribution in [3.8, 4) is 0 Å². The van der Waals surface area contributed by atoms with Crippen LogP contribution in [0.5, 0.6) is 0 Å². The molecule has 0 aromatic rings. The van der Waals surface area contributed by atoms with E-state index in [1.54, 1.807) is 25.4 Å². The van der Waals surface area contributed by atoms with Crippen molar-refractivity contribution in [2.45, 2.75) is 25.0 Å². The third-order valence-corrected chi connectivity index (χ3v) is 15.5. The summed E-state index contributed by atoms with van der Waals surface area (Å²) in [7, 11) is 0. The zero-order chi connectivity index (χ0) is 14.2. The monoisotopic (exact) mass is 426 g/mol. The predicted molar refractivity (Wildman–Crippen MR) is 115 cm³/mol. The molecule has 1 atom stereocenters. The number of rotatable bonds is 2. The molecule has 0 N–H and O–H groups in total. The average Bonchev–Trinajstić information content (AvgIpc) is 3.10. The Kier molecular flexibility index (Phi) is 5.89. The molecule has 0 nitrogen and oxygen atoms in total. The second-order valence-electron chi connectivity index (χ2n) is 4.67. The van der Waals surface area contributed by atoms with Crippen LogP contribution in [-0.4, -0.2) is 22.5 Å². The van der Waals surface area contributed by atoms with Crippen molar-refractivity contribution in [1.29, 1.82) is 0 Å². The molecule has 0 saturated carbocycles. The molecule has 0 saturated heterocycles. The van der Waals surface area contributed by atoms with Gasteiger partial charge in [0.2, 0.25) is 0 Å². The average molecular weight is 427 g/mol. The van der Waals surface area contributed by atoms with E-state index in [4.69, 9.17) is 0 Å². The highest BCUT2D eigenvalue weighted by Crippen LogP contribution is 2.68. The molecule has 8 heteroatoms. The van der Waals surface area contributed by atoms with Crippen LogP contribution in [0.2, 0.25) is 0 Å². The van der Waals surface area contributed by atoms with Gasteiger partial charge in [-0.15, -0.1) is 47.0 Å². The maximum atomic E-state index is 2.30. The van der Waals surface area contributed by atoms with Gasteiger partial charge in [-0.25, -0.2) is 0 Å². The summed E-state index contributed by atoms with van der Waals surface area (Å²) in [6.45, 7) is 2.30. The molecule has 0 aromatic heterocycles. The number of hydrogen-bond donors (Lipinski definition) is 0. The molecular formula is C13H14S8. The van der Waals surface area contributed by atoms with Crippen LogP contribution in [-0.2, 0) is 0 Å². The van der Waals surface area contributed by atoms with Gasteiger partial charge in [-0.2, -0.15) is 0 Å². The smallest absolute Gasteiger partial charge is 0.0717 e. The summed E-state index contributed by atoms with van der Waals surface area (Å²) >= 11 is 16.5. The zero-order valence-corrected chi connectivity index (χ0v) is 17.9. The van der Waals surface area contributed by atoms with Crippen LogP contribution in [0.15, 0.2) is 25.4 Å². The molecule has 0 aliphatic carbocycles. The van der Waals surface area contributed by atoms with Gasteiger partial charge in [0.1, 0.15) is 0 Å². The molecule has 0 amide bonds. The first kappa shape index (κ1) is 16.5. The Hall–Kier alpha value is 2.02. The van der Waals surface area contributed by atoms with Gasteiger partial charge in [0.15, 0.2) is 0 Å². The molecule has 0 aromatic carbocycles. The second kappa shape index (κ2) is 7.50. The minimum absolute atomic E-state index is 0.831. The molecule has 0 radical (unpaired) electrons. The molecule has 21 heavy (non-hydrogen) atoms. The lowest BCUT2D eigenvalue weighted by atomic mass is 10.3. The van der Waals surface area contributed by atoms with Crippen molar-refractivity contribution in [1.82, 2.24) is 0 Å². The summed E-state index contributed by atoms with van der Waals surface area (Å²) in [5.41, 5.74) is 0. The van der Waals surface area contributed by atoms with E-state index in [1.165, 1.54) is 30.1 Å². The molecule has 4 aliphatic heterocycles. The van der Waals surface area contributed by atoms with Crippen LogP contribution in [0.25, 0.3) is 0 Å². The SMILES string of the molecule is CCCC1CSC2=C(SC(=C3SC4=C(SCCS4)S3)S2)S1. The van der Waals surface area contributed by atoms with Crippen molar-refractivity contribution < 1.29 is 0 Å². The van der Waals surface area contributed by atoms with Crippen molar-refractivity contribution in [2.24, 2.45) is 0 Å². The lowest BCUT2D eigenvalue weighted by Crippen LogP contribution is -2.08. The summed E-state index contributed by atoms with van der Waals surface area (Å²) in [4.78, 5) is 0. The van der Waals surface area contributed by atoms with Crippen molar-refractivity contribution in [3.05, 3.63) is 25.4 Å². The van der Waals surface area contributed by atoms with Crippen LogP contribution in [0.4, 0.5) is 0 Å². The Morgan fingerprint density at radius 1 is 0.762 bits per heavy atom. The fraction of sp³-hybridized carbons (Fsp3) is 0.538. The molecule has 0 bridgehead atoms. The molecule has 1 unspecified atom stereocenters. The highest BCUT2D eigenvalue weighted by atomic mass is 32.3. The summed E-state index contributed by atoms with van der Waals surface area (Å²) in [6.07, 6.45) is 2.67. The summed E-state index contributed by atoms with van der Waals surface area (Å²) in [5.74, 6) is 3.85. The van der Waals surface area contributed by atoms with E-state index in [-0.39, 0.29) is 0 Å². The largest absolute Gasteiger partial charge is 0.116 e. The predicted octanol–water partition coefficient (Wildman–Crippen LogP) is 7.45. The second-order valence-corrected chi connectivity index (χ2v) is 14.9. The lowest BCUT2D eigenvalue weighted by molar-refractivity contribution is 0.795. The molecule has 114 valence electrons. The van der Waals surface area contributed by atoms with Gasteiger partial charge in [-0.3, -0.25) is 0 Å². The maximum Gasteiger partial charge on any atom is 0.0717 e. The molecular weight excluding hydrogens is 413 g/mol. The topological polar surface area (TPSA) is 0 Å². The van der Waals surface area contributed by atoms with Crippen LogP contribution in [0, 0.1) is 0 Å². The first-order valence-corrected chi connectivity index (χ1v) is 13.9. The summed E-state index contributed by atoms with van der Waals surface area (Å²) in [6, 6.07) is 0. The molecule has 4 heterocycles. The Morgan fingerprint density at radius 2 is 1.33 bits per heavy atom. The number of hydrogen-bond acceptors (Lipinski definition) is 8. The minimum atomic E-state index is 0.831. The van der Waals surface area contributed by atoms with Gasteiger partial charge in [0.25, 0.3) is 0 Å². The lowest BCUT2D eigenvalue weighted by Gasteiger charge is -2.20. The van der Waals surface area contributed by atoms with E-state index in [1.807, 2.05) is 47.0 Å². The highest BCUT2D eigenvalue weighted by molar-refractivity contribution is 8.45. The zero-order valence-electron chi connectivity index (χ0n) is 11.4. The third kappa shape index (κ3) is 3.67. The Balaban J connectivity index is 1.45. The summed E-state index contributed by atoms with van der Waals surface area (Å²) < 4.78 is 9.38. The third-order valence-electron chi connectivity index (χ3n) is 3.08. The first-order chi connectivity index (χ1) is 10.3. The fourth-order valence-corrected chi connectivity index (χ4v) is 14.9. The number of thioether (sulfide) groups is 8. The van der Waals surface area contributed by atoms with Crippen molar-refractivity contribution in [3.63, 3.8) is 0 Å². The molecule has 4 aliphatic rings. The van der Waals surface area contributed by atoms with Crippen LogP contribution in [0.3, 0.4) is 0 Å². The highest BCUT2D eigenvalue weighted by Gasteiger charge is 2.34. The van der Waals surface area contributed by atoms with Crippen LogP contribution < -0.4 is 0 Å². The van der Waals surface area contributed by atoms with Gasteiger partial charge >= 0.3 is 0 Å². The van der Waals surface area contributed by atoms with Gasteiger partial charge in [-0.1, -0.05) is 60.4 Å². The molecule has 0 fully saturated rings. The van der Waals surface area contributed by atoms with Crippen molar-refractivity contribution >= 4 is 94.1 Å². The first-order valence-electron chi connectivity index (χ1n) is 6.82. The van der Waals surface area contributed by atoms with Gasteiger partial charge in [-0.05, 0) is 6.42 Å². The standard InChI is InChI=1S/C13H14S8/c1-2-3-7-6-16-10-11(17-7)21-13(20-10)12-18-8-9(19-12)15-5-4-14-8/h7H,2-6H2,1H3. The maximum absolute atomic E-state index is 2.30. The van der Waals surface area contributed by atoms with Gasteiger partial charge in [0, 0.05) is 22.5 Å². The Labute approximate surface area is 160 Å². The fourth-order valence-electron chi connectivity index (χ4n) is 2.14. The van der Waals surface area contributed by atoms with E-state index < -0.39 is 0 Å². The Bertz CT molecular complexity index is 526.